The molecule has 2 aromatic heterocycles. The lowest BCUT2D eigenvalue weighted by Crippen LogP contribution is -2.20. The molecule has 0 saturated carbocycles. The van der Waals surface area contributed by atoms with Crippen molar-refractivity contribution < 1.29 is 14.3 Å². The lowest BCUT2D eigenvalue weighted by molar-refractivity contribution is -0.109. The van der Waals surface area contributed by atoms with E-state index in [-0.39, 0.29) is 22.1 Å². The molecular formula is C19H17Cl2N3O4. The number of ether oxygens (including phenoxy) is 2. The summed E-state index contributed by atoms with van der Waals surface area (Å²) in [5.74, 6) is 0.748. The highest BCUT2D eigenvalue weighted by Crippen LogP contribution is 2.45. The number of methoxy groups -OCH3 is 2. The Balaban J connectivity index is 2.29. The third-order valence-electron chi connectivity index (χ3n) is 4.38. The summed E-state index contributed by atoms with van der Waals surface area (Å²) in [4.78, 5) is 27.7. The van der Waals surface area contributed by atoms with E-state index >= 15 is 0 Å². The van der Waals surface area contributed by atoms with Crippen LogP contribution in [-0.4, -0.2) is 30.2 Å². The van der Waals surface area contributed by atoms with Gasteiger partial charge < -0.3 is 19.4 Å². The molecule has 2 heterocycles. The van der Waals surface area contributed by atoms with Crippen LogP contribution in [0.3, 0.4) is 0 Å². The van der Waals surface area contributed by atoms with Gasteiger partial charge in [0.15, 0.2) is 0 Å². The van der Waals surface area contributed by atoms with Crippen molar-refractivity contribution in [3.05, 3.63) is 50.5 Å². The van der Waals surface area contributed by atoms with Crippen LogP contribution >= 0.6 is 23.2 Å². The Morgan fingerprint density at radius 3 is 2.36 bits per heavy atom. The van der Waals surface area contributed by atoms with E-state index in [2.05, 4.69) is 10.3 Å². The third kappa shape index (κ3) is 3.39. The summed E-state index contributed by atoms with van der Waals surface area (Å²) in [5.41, 5.74) is 1.23. The van der Waals surface area contributed by atoms with Crippen LogP contribution in [-0.2, 0) is 18.4 Å². The molecule has 3 rings (SSSR count). The van der Waals surface area contributed by atoms with Crippen LogP contribution in [0.15, 0.2) is 29.2 Å². The summed E-state index contributed by atoms with van der Waals surface area (Å²) < 4.78 is 12.1. The van der Waals surface area contributed by atoms with Gasteiger partial charge in [0, 0.05) is 30.3 Å². The maximum absolute atomic E-state index is 13.0. The van der Waals surface area contributed by atoms with E-state index in [0.29, 0.717) is 45.6 Å². The number of nitrogens with one attached hydrogen (secondary N) is 1. The van der Waals surface area contributed by atoms with Crippen LogP contribution in [0.25, 0.3) is 22.0 Å². The Morgan fingerprint density at radius 2 is 1.79 bits per heavy atom. The summed E-state index contributed by atoms with van der Waals surface area (Å²) >= 11 is 13.0. The number of rotatable bonds is 6. The third-order valence-corrected chi connectivity index (χ3v) is 5.13. The van der Waals surface area contributed by atoms with Gasteiger partial charge >= 0.3 is 0 Å². The number of benzene rings is 1. The summed E-state index contributed by atoms with van der Waals surface area (Å²) in [6, 6.07) is 5.00. The molecule has 0 aliphatic rings. The number of fused-ring (bicyclic) bond motifs is 1. The Hall–Kier alpha value is -2.77. The molecular weight excluding hydrogens is 405 g/mol. The second kappa shape index (κ2) is 8.08. The van der Waals surface area contributed by atoms with Crippen LogP contribution in [0.2, 0.25) is 10.0 Å². The van der Waals surface area contributed by atoms with E-state index in [1.165, 1.54) is 18.8 Å². The minimum Gasteiger partial charge on any atom is -0.495 e. The minimum absolute atomic E-state index is 0.231. The molecule has 0 bridgehead atoms. The number of pyridine rings is 2. The van der Waals surface area contributed by atoms with Crippen molar-refractivity contribution in [2.45, 2.75) is 6.54 Å². The van der Waals surface area contributed by atoms with E-state index in [1.807, 2.05) is 0 Å². The van der Waals surface area contributed by atoms with E-state index < -0.39 is 0 Å². The van der Waals surface area contributed by atoms with Crippen molar-refractivity contribution in [1.29, 1.82) is 0 Å². The predicted octanol–water partition coefficient (Wildman–Crippen LogP) is 3.17. The molecule has 7 nitrogen and oxygen atoms in total. The Morgan fingerprint density at radius 1 is 1.14 bits per heavy atom. The second-order valence-electron chi connectivity index (χ2n) is 5.94. The van der Waals surface area contributed by atoms with Gasteiger partial charge in [0.1, 0.15) is 11.5 Å². The smallest absolute Gasteiger partial charge is 0.258 e. The number of carbonyl (C=O) groups excluding carboxylic acids is 1. The minimum atomic E-state index is -0.254. The summed E-state index contributed by atoms with van der Waals surface area (Å²) in [5, 5.41) is 4.14. The quantitative estimate of drug-likeness (QED) is 0.618. The molecule has 0 radical (unpaired) electrons. The van der Waals surface area contributed by atoms with E-state index in [0.717, 1.165) is 0 Å². The molecule has 146 valence electrons. The largest absolute Gasteiger partial charge is 0.495 e. The van der Waals surface area contributed by atoms with Crippen LogP contribution in [0.4, 0.5) is 0 Å². The van der Waals surface area contributed by atoms with Gasteiger partial charge in [-0.1, -0.05) is 23.2 Å². The first-order chi connectivity index (χ1) is 13.4. The molecule has 1 N–H and O–H groups in total. The highest BCUT2D eigenvalue weighted by molar-refractivity contribution is 6.41. The molecule has 0 atom stereocenters. The van der Waals surface area contributed by atoms with Gasteiger partial charge in [0.05, 0.1) is 47.6 Å². The second-order valence-corrected chi connectivity index (χ2v) is 6.70. The average Bonchev–Trinajstić information content (AvgIpc) is 2.70. The van der Waals surface area contributed by atoms with Crippen LogP contribution in [0.1, 0.15) is 5.69 Å². The number of amides is 1. The number of aromatic nitrogens is 2. The molecule has 1 aromatic carbocycles. The maximum atomic E-state index is 13.0. The van der Waals surface area contributed by atoms with Crippen LogP contribution in [0.5, 0.6) is 11.5 Å². The topological polar surface area (TPSA) is 82.5 Å². The highest BCUT2D eigenvalue weighted by Gasteiger charge is 2.21. The van der Waals surface area contributed by atoms with Crippen molar-refractivity contribution in [2.75, 3.05) is 14.2 Å². The van der Waals surface area contributed by atoms with Crippen molar-refractivity contribution in [3.8, 4) is 22.8 Å². The zero-order valence-corrected chi connectivity index (χ0v) is 16.9. The van der Waals surface area contributed by atoms with Gasteiger partial charge in [0.25, 0.3) is 5.56 Å². The molecule has 3 aromatic rings. The molecule has 0 spiro atoms. The van der Waals surface area contributed by atoms with Crippen molar-refractivity contribution in [3.63, 3.8) is 0 Å². The van der Waals surface area contributed by atoms with Crippen molar-refractivity contribution in [1.82, 2.24) is 14.9 Å². The first-order valence-electron chi connectivity index (χ1n) is 8.19. The van der Waals surface area contributed by atoms with E-state index in [9.17, 15) is 9.59 Å². The maximum Gasteiger partial charge on any atom is 0.258 e. The average molecular weight is 422 g/mol. The molecule has 9 heteroatoms. The molecule has 0 unspecified atom stereocenters. The van der Waals surface area contributed by atoms with Crippen molar-refractivity contribution in [2.24, 2.45) is 7.05 Å². The first kappa shape index (κ1) is 20.0. The summed E-state index contributed by atoms with van der Waals surface area (Å²) in [6.45, 7) is 0.231. The molecule has 0 aliphatic heterocycles. The number of hydrogen-bond acceptors (Lipinski definition) is 5. The molecule has 28 heavy (non-hydrogen) atoms. The fourth-order valence-corrected chi connectivity index (χ4v) is 3.63. The van der Waals surface area contributed by atoms with E-state index in [4.69, 9.17) is 32.7 Å². The zero-order valence-electron chi connectivity index (χ0n) is 15.4. The van der Waals surface area contributed by atoms with Crippen LogP contribution < -0.4 is 20.3 Å². The lowest BCUT2D eigenvalue weighted by atomic mass is 10.1. The van der Waals surface area contributed by atoms with Crippen LogP contribution in [0, 0.1) is 0 Å². The molecule has 0 aliphatic carbocycles. The highest BCUT2D eigenvalue weighted by atomic mass is 35.5. The number of nitrogens with zero attached hydrogens (tertiary/aromatic N) is 2. The van der Waals surface area contributed by atoms with Gasteiger partial charge in [-0.25, -0.2) is 0 Å². The van der Waals surface area contributed by atoms with Gasteiger partial charge in [0.2, 0.25) is 6.41 Å². The van der Waals surface area contributed by atoms with Gasteiger partial charge in [-0.2, -0.15) is 0 Å². The normalized spacial score (nSPS) is 10.8. The Labute approximate surface area is 170 Å². The number of hydrogen-bond donors (Lipinski definition) is 1. The Kier molecular flexibility index (Phi) is 5.76. The standard InChI is InChI=1S/C19H17Cl2N3O4/c1-24-13(16-17(20)14(27-2)6-15(28-3)18(16)21)4-10-7-23-11(8-22-9-25)5-12(10)19(24)26/h4-7,9H,8H2,1-3H3,(H,22,25). The van der Waals surface area contributed by atoms with E-state index in [1.54, 1.807) is 31.4 Å². The van der Waals surface area contributed by atoms with Gasteiger partial charge in [-0.3, -0.25) is 14.6 Å². The Bertz CT molecular complexity index is 1100. The molecule has 0 saturated heterocycles. The molecule has 1 amide bonds. The monoisotopic (exact) mass is 421 g/mol. The summed E-state index contributed by atoms with van der Waals surface area (Å²) in [7, 11) is 4.59. The zero-order chi connectivity index (χ0) is 20.4. The SMILES string of the molecule is COc1cc(OC)c(Cl)c(-c2cc3cnc(CNC=O)cc3c(=O)n2C)c1Cl. The first-order valence-corrected chi connectivity index (χ1v) is 8.94. The van der Waals surface area contributed by atoms with Gasteiger partial charge in [-0.05, 0) is 12.1 Å². The summed E-state index contributed by atoms with van der Waals surface area (Å²) in [6.07, 6.45) is 2.15. The van der Waals surface area contributed by atoms with Crippen molar-refractivity contribution >= 4 is 40.4 Å². The predicted molar refractivity (Wildman–Crippen MR) is 108 cm³/mol. The van der Waals surface area contributed by atoms with Gasteiger partial charge in [-0.15, -0.1) is 0 Å². The lowest BCUT2D eigenvalue weighted by Gasteiger charge is -2.17. The fraction of sp³-hybridized carbons (Fsp3) is 0.211. The fourth-order valence-electron chi connectivity index (χ4n) is 2.94. The molecule has 0 fully saturated rings. The number of halogens is 2. The number of carbonyl (C=O) groups is 1.